The third-order valence-corrected chi connectivity index (χ3v) is 4.51. The van der Waals surface area contributed by atoms with Gasteiger partial charge in [-0.05, 0) is 73.6 Å². The number of nitriles is 1. The Bertz CT molecular complexity index is 791. The molecule has 0 radical (unpaired) electrons. The second-order valence-electron chi connectivity index (χ2n) is 6.42. The zero-order valence-corrected chi connectivity index (χ0v) is 14.4. The second kappa shape index (κ2) is 7.85. The summed E-state index contributed by atoms with van der Waals surface area (Å²) < 4.78 is 5.82. The van der Waals surface area contributed by atoms with Gasteiger partial charge in [-0.25, -0.2) is 0 Å². The summed E-state index contributed by atoms with van der Waals surface area (Å²) in [7, 11) is 0. The molecule has 25 heavy (non-hydrogen) atoms. The van der Waals surface area contributed by atoms with E-state index in [-0.39, 0.29) is 5.91 Å². The highest BCUT2D eigenvalue weighted by atomic mass is 16.5. The summed E-state index contributed by atoms with van der Waals surface area (Å²) in [4.78, 5) is 12.3. The zero-order chi connectivity index (χ0) is 17.6. The van der Waals surface area contributed by atoms with Crippen LogP contribution in [0.5, 0.6) is 5.75 Å². The lowest BCUT2D eigenvalue weighted by molar-refractivity contribution is -0.122. The van der Waals surface area contributed by atoms with E-state index in [0.29, 0.717) is 12.1 Å². The first-order chi connectivity index (χ1) is 12.2. The van der Waals surface area contributed by atoms with E-state index in [9.17, 15) is 4.79 Å². The number of nitrogens with one attached hydrogen (secondary N) is 1. The normalized spacial score (nSPS) is 14.1. The first kappa shape index (κ1) is 17.0. The van der Waals surface area contributed by atoms with Crippen LogP contribution in [0.4, 0.5) is 5.69 Å². The number of nitrogens with zero attached hydrogens (tertiary/aromatic N) is 1. The van der Waals surface area contributed by atoms with Crippen LogP contribution in [0.2, 0.25) is 0 Å². The summed E-state index contributed by atoms with van der Waals surface area (Å²) in [5.41, 5.74) is 4.36. The van der Waals surface area contributed by atoms with Crippen molar-refractivity contribution in [1.82, 2.24) is 0 Å². The molecule has 4 nitrogen and oxygen atoms in total. The molecule has 1 atom stereocenters. The van der Waals surface area contributed by atoms with Gasteiger partial charge in [-0.1, -0.05) is 18.2 Å². The Morgan fingerprint density at radius 1 is 1.16 bits per heavy atom. The molecule has 0 unspecified atom stereocenters. The maximum Gasteiger partial charge on any atom is 0.265 e. The van der Waals surface area contributed by atoms with E-state index in [1.807, 2.05) is 18.2 Å². The van der Waals surface area contributed by atoms with Gasteiger partial charge in [-0.15, -0.1) is 0 Å². The predicted octanol–water partition coefficient (Wildman–Crippen LogP) is 4.04. The number of fused-ring (bicyclic) bond motifs is 1. The molecule has 0 aliphatic heterocycles. The van der Waals surface area contributed by atoms with Crippen molar-refractivity contribution >= 4 is 11.6 Å². The van der Waals surface area contributed by atoms with Gasteiger partial charge < -0.3 is 10.1 Å². The monoisotopic (exact) mass is 334 g/mol. The Morgan fingerprint density at radius 3 is 2.60 bits per heavy atom. The van der Waals surface area contributed by atoms with Crippen molar-refractivity contribution in [3.8, 4) is 11.8 Å². The summed E-state index contributed by atoms with van der Waals surface area (Å²) in [6.45, 7) is 1.75. The fraction of sp³-hybridized carbons (Fsp3) is 0.333. The molecule has 128 valence electrons. The van der Waals surface area contributed by atoms with Gasteiger partial charge >= 0.3 is 0 Å². The molecule has 1 amide bonds. The number of rotatable bonds is 5. The van der Waals surface area contributed by atoms with Gasteiger partial charge in [0.1, 0.15) is 5.75 Å². The summed E-state index contributed by atoms with van der Waals surface area (Å²) in [6, 6.07) is 15.5. The number of benzene rings is 2. The number of carbonyl (C=O) groups excluding carboxylic acids is 1. The third-order valence-electron chi connectivity index (χ3n) is 4.51. The molecule has 0 saturated heterocycles. The Hall–Kier alpha value is -2.80. The number of ether oxygens (including phenoxy) is 1. The zero-order valence-electron chi connectivity index (χ0n) is 14.4. The lowest BCUT2D eigenvalue weighted by Crippen LogP contribution is -2.30. The molecule has 1 aliphatic carbocycles. The van der Waals surface area contributed by atoms with Crippen molar-refractivity contribution in [3.05, 3.63) is 59.2 Å². The fourth-order valence-corrected chi connectivity index (χ4v) is 3.08. The summed E-state index contributed by atoms with van der Waals surface area (Å²) >= 11 is 0. The molecular formula is C21H22N2O2. The number of hydrogen-bond donors (Lipinski definition) is 1. The molecule has 2 aromatic rings. The molecular weight excluding hydrogens is 312 g/mol. The highest BCUT2D eigenvalue weighted by molar-refractivity contribution is 5.94. The van der Waals surface area contributed by atoms with Crippen molar-refractivity contribution in [2.45, 2.75) is 45.1 Å². The van der Waals surface area contributed by atoms with Gasteiger partial charge in [0.25, 0.3) is 5.91 Å². The molecule has 0 spiro atoms. The largest absolute Gasteiger partial charge is 0.481 e. The highest BCUT2D eigenvalue weighted by Gasteiger charge is 2.16. The van der Waals surface area contributed by atoms with E-state index in [0.717, 1.165) is 24.2 Å². The van der Waals surface area contributed by atoms with Crippen molar-refractivity contribution < 1.29 is 9.53 Å². The SMILES string of the molecule is C[C@@H](Oc1ccc2c(c1)CCCC2)C(=O)Nc1ccc(CC#N)cc1. The molecule has 0 bridgehead atoms. The van der Waals surface area contributed by atoms with Crippen LogP contribution in [0.3, 0.4) is 0 Å². The minimum absolute atomic E-state index is 0.189. The fourth-order valence-electron chi connectivity index (χ4n) is 3.08. The van der Waals surface area contributed by atoms with E-state index >= 15 is 0 Å². The van der Waals surface area contributed by atoms with E-state index in [4.69, 9.17) is 10.00 Å². The Labute approximate surface area is 148 Å². The molecule has 3 rings (SSSR count). The van der Waals surface area contributed by atoms with E-state index in [2.05, 4.69) is 23.5 Å². The number of amides is 1. The van der Waals surface area contributed by atoms with Crippen molar-refractivity contribution in [3.63, 3.8) is 0 Å². The number of hydrogen-bond acceptors (Lipinski definition) is 3. The number of carbonyl (C=O) groups is 1. The number of aryl methyl sites for hydroxylation is 2. The molecule has 2 aromatic carbocycles. The van der Waals surface area contributed by atoms with Crippen molar-refractivity contribution in [2.75, 3.05) is 5.32 Å². The van der Waals surface area contributed by atoms with Crippen LogP contribution in [0.1, 0.15) is 36.5 Å². The molecule has 1 N–H and O–H groups in total. The van der Waals surface area contributed by atoms with Crippen molar-refractivity contribution in [1.29, 1.82) is 5.26 Å². The van der Waals surface area contributed by atoms with Gasteiger partial charge in [-0.3, -0.25) is 4.79 Å². The average molecular weight is 334 g/mol. The van der Waals surface area contributed by atoms with Crippen LogP contribution < -0.4 is 10.1 Å². The van der Waals surface area contributed by atoms with Gasteiger partial charge in [0.2, 0.25) is 0 Å². The molecule has 0 aromatic heterocycles. The predicted molar refractivity (Wildman–Crippen MR) is 97.6 cm³/mol. The molecule has 0 fully saturated rings. The average Bonchev–Trinajstić information content (AvgIpc) is 2.63. The highest BCUT2D eigenvalue weighted by Crippen LogP contribution is 2.26. The standard InChI is InChI=1S/C21H22N2O2/c1-15(21(24)23-19-9-6-16(7-10-19)12-13-22)25-20-11-8-17-4-2-3-5-18(17)14-20/h6-11,14-15H,2-5,12H2,1H3,(H,23,24)/t15-/m1/s1. The van der Waals surface area contributed by atoms with E-state index < -0.39 is 6.10 Å². The first-order valence-corrected chi connectivity index (χ1v) is 8.71. The van der Waals surface area contributed by atoms with Crippen LogP contribution in [0.15, 0.2) is 42.5 Å². The summed E-state index contributed by atoms with van der Waals surface area (Å²) in [5, 5.41) is 11.5. The quantitative estimate of drug-likeness (QED) is 0.897. The van der Waals surface area contributed by atoms with Crippen LogP contribution in [-0.2, 0) is 24.1 Å². The summed E-state index contributed by atoms with van der Waals surface area (Å²) in [5.74, 6) is 0.554. The first-order valence-electron chi connectivity index (χ1n) is 8.71. The minimum atomic E-state index is -0.583. The lowest BCUT2D eigenvalue weighted by atomic mass is 9.92. The Morgan fingerprint density at radius 2 is 1.88 bits per heavy atom. The third kappa shape index (κ3) is 4.39. The molecule has 0 heterocycles. The van der Waals surface area contributed by atoms with Gasteiger partial charge in [0.05, 0.1) is 12.5 Å². The smallest absolute Gasteiger partial charge is 0.265 e. The topological polar surface area (TPSA) is 62.1 Å². The van der Waals surface area contributed by atoms with Crippen LogP contribution >= 0.6 is 0 Å². The molecule has 4 heteroatoms. The van der Waals surface area contributed by atoms with Crippen LogP contribution in [0.25, 0.3) is 0 Å². The minimum Gasteiger partial charge on any atom is -0.481 e. The van der Waals surface area contributed by atoms with Crippen LogP contribution in [0, 0.1) is 11.3 Å². The maximum absolute atomic E-state index is 12.3. The second-order valence-corrected chi connectivity index (χ2v) is 6.42. The van der Waals surface area contributed by atoms with E-state index in [1.165, 1.54) is 24.0 Å². The van der Waals surface area contributed by atoms with E-state index in [1.54, 1.807) is 19.1 Å². The van der Waals surface area contributed by atoms with Gasteiger partial charge in [0.15, 0.2) is 6.10 Å². The maximum atomic E-state index is 12.3. The van der Waals surface area contributed by atoms with Crippen molar-refractivity contribution in [2.24, 2.45) is 0 Å². The van der Waals surface area contributed by atoms with Crippen LogP contribution in [-0.4, -0.2) is 12.0 Å². The van der Waals surface area contributed by atoms with Gasteiger partial charge in [0, 0.05) is 5.69 Å². The Kier molecular flexibility index (Phi) is 5.35. The summed E-state index contributed by atoms with van der Waals surface area (Å²) in [6.07, 6.45) is 4.47. The lowest BCUT2D eigenvalue weighted by Gasteiger charge is -2.19. The van der Waals surface area contributed by atoms with Gasteiger partial charge in [-0.2, -0.15) is 5.26 Å². The molecule has 1 aliphatic rings. The Balaban J connectivity index is 1.60. The number of anilines is 1. The molecule has 0 saturated carbocycles.